The molecule has 0 radical (unpaired) electrons. The monoisotopic (exact) mass is 575 g/mol. The zero-order valence-corrected chi connectivity index (χ0v) is 20.8. The topological polar surface area (TPSA) is 74.0 Å². The molecular formula is C23H20Br2FN5O2. The van der Waals surface area contributed by atoms with Crippen molar-refractivity contribution < 1.29 is 14.3 Å². The van der Waals surface area contributed by atoms with Gasteiger partial charge in [0, 0.05) is 6.54 Å². The van der Waals surface area contributed by atoms with Gasteiger partial charge in [-0.2, -0.15) is 0 Å². The molecule has 7 nitrogen and oxygen atoms in total. The van der Waals surface area contributed by atoms with E-state index in [2.05, 4.69) is 36.8 Å². The summed E-state index contributed by atoms with van der Waals surface area (Å²) in [5.41, 5.74) is 2.25. The number of halogens is 3. The number of phenols is 1. The summed E-state index contributed by atoms with van der Waals surface area (Å²) < 4.78 is 16.6. The van der Waals surface area contributed by atoms with Crippen molar-refractivity contribution in [3.05, 3.63) is 74.3 Å². The van der Waals surface area contributed by atoms with Crippen molar-refractivity contribution in [3.63, 3.8) is 0 Å². The molecule has 2 aliphatic rings. The van der Waals surface area contributed by atoms with Crippen LogP contribution in [0.3, 0.4) is 0 Å². The Morgan fingerprint density at radius 2 is 2.00 bits per heavy atom. The van der Waals surface area contributed by atoms with E-state index >= 15 is 0 Å². The van der Waals surface area contributed by atoms with Gasteiger partial charge in [0.2, 0.25) is 5.96 Å². The molecule has 0 fully saturated rings. The van der Waals surface area contributed by atoms with Gasteiger partial charge in [0.25, 0.3) is 5.91 Å². The maximum Gasteiger partial charge on any atom is 0.281 e. The normalized spacial score (nSPS) is 17.3. The highest BCUT2D eigenvalue weighted by Gasteiger charge is 2.43. The molecule has 33 heavy (non-hydrogen) atoms. The zero-order chi connectivity index (χ0) is 23.3. The van der Waals surface area contributed by atoms with Crippen LogP contribution in [0.25, 0.3) is 0 Å². The van der Waals surface area contributed by atoms with Crippen molar-refractivity contribution in [2.45, 2.75) is 25.9 Å². The number of hydrogen-bond acceptors (Lipinski definition) is 5. The molecule has 5 rings (SSSR count). The second-order valence-electron chi connectivity index (χ2n) is 8.00. The number of phenolic OH excluding ortho intramolecular Hbond substituents is 1. The van der Waals surface area contributed by atoms with Gasteiger partial charge in [-0.3, -0.25) is 14.6 Å². The first-order valence-electron chi connectivity index (χ1n) is 10.5. The highest BCUT2D eigenvalue weighted by molar-refractivity contribution is 9.10. The summed E-state index contributed by atoms with van der Waals surface area (Å²) in [5, 5.41) is 9.80. The number of guanidine groups is 1. The van der Waals surface area contributed by atoms with Crippen LogP contribution in [-0.4, -0.2) is 50.6 Å². The van der Waals surface area contributed by atoms with E-state index in [1.807, 2.05) is 34.6 Å². The number of hydrogen-bond donors (Lipinski definition) is 1. The van der Waals surface area contributed by atoms with Crippen LogP contribution in [0.1, 0.15) is 28.5 Å². The predicted octanol–water partition coefficient (Wildman–Crippen LogP) is 4.56. The highest BCUT2D eigenvalue weighted by atomic mass is 79.9. The number of aliphatic imine (C=N–C) groups is 1. The van der Waals surface area contributed by atoms with E-state index in [1.165, 1.54) is 12.1 Å². The van der Waals surface area contributed by atoms with Gasteiger partial charge in [-0.25, -0.2) is 14.4 Å². The lowest BCUT2D eigenvalue weighted by atomic mass is 10.1. The largest absolute Gasteiger partial charge is 0.507 e. The SMILES string of the molecule is CCN1C(=O)c2c(nc(Br)n2Cc2ccc(O)c(Br)c2)N2C[C@@H](Cc3cccc(F)c3)N=C12. The van der Waals surface area contributed by atoms with Crippen molar-refractivity contribution in [3.8, 4) is 5.75 Å². The Labute approximate surface area is 206 Å². The molecule has 3 heterocycles. The first kappa shape index (κ1) is 22.1. The molecule has 10 heteroatoms. The summed E-state index contributed by atoms with van der Waals surface area (Å²) in [5.74, 6) is 0.869. The van der Waals surface area contributed by atoms with Gasteiger partial charge in [-0.05, 0) is 80.6 Å². The molecule has 0 spiro atoms. The van der Waals surface area contributed by atoms with Crippen LogP contribution in [0.5, 0.6) is 5.75 Å². The van der Waals surface area contributed by atoms with Crippen molar-refractivity contribution in [1.29, 1.82) is 0 Å². The lowest BCUT2D eigenvalue weighted by molar-refractivity contribution is 0.0836. The molecule has 1 amide bonds. The van der Waals surface area contributed by atoms with E-state index < -0.39 is 0 Å². The van der Waals surface area contributed by atoms with Crippen molar-refractivity contribution in [2.75, 3.05) is 18.0 Å². The average molecular weight is 577 g/mol. The van der Waals surface area contributed by atoms with Crippen molar-refractivity contribution in [2.24, 2.45) is 4.99 Å². The van der Waals surface area contributed by atoms with Gasteiger partial charge >= 0.3 is 0 Å². The zero-order valence-electron chi connectivity index (χ0n) is 17.7. The maximum atomic E-state index is 13.6. The van der Waals surface area contributed by atoms with Gasteiger partial charge in [-0.1, -0.05) is 18.2 Å². The Kier molecular flexibility index (Phi) is 5.74. The summed E-state index contributed by atoms with van der Waals surface area (Å²) in [6, 6.07) is 11.6. The highest BCUT2D eigenvalue weighted by Crippen LogP contribution is 2.35. The summed E-state index contributed by atoms with van der Waals surface area (Å²) in [6.07, 6.45) is 0.572. The second-order valence-corrected chi connectivity index (χ2v) is 9.57. The number of nitrogens with zero attached hydrogens (tertiary/aromatic N) is 5. The summed E-state index contributed by atoms with van der Waals surface area (Å²) in [7, 11) is 0. The number of rotatable bonds is 5. The fourth-order valence-electron chi connectivity index (χ4n) is 4.30. The van der Waals surface area contributed by atoms with Crippen LogP contribution in [0.2, 0.25) is 0 Å². The fourth-order valence-corrected chi connectivity index (χ4v) is 5.20. The number of amides is 1. The van der Waals surface area contributed by atoms with Gasteiger partial charge in [0.1, 0.15) is 11.6 Å². The summed E-state index contributed by atoms with van der Waals surface area (Å²) in [6.45, 7) is 3.33. The van der Waals surface area contributed by atoms with Crippen LogP contribution in [-0.2, 0) is 13.0 Å². The maximum absolute atomic E-state index is 13.6. The summed E-state index contributed by atoms with van der Waals surface area (Å²) in [4.78, 5) is 26.6. The van der Waals surface area contributed by atoms with Crippen LogP contribution in [0.15, 0.2) is 56.7 Å². The van der Waals surface area contributed by atoms with Crippen molar-refractivity contribution in [1.82, 2.24) is 14.5 Å². The number of carbonyl (C=O) groups is 1. The third kappa shape index (κ3) is 3.95. The van der Waals surface area contributed by atoms with E-state index in [0.29, 0.717) is 52.7 Å². The van der Waals surface area contributed by atoms with Crippen LogP contribution >= 0.6 is 31.9 Å². The molecule has 1 N–H and O–H groups in total. The number of aromatic nitrogens is 2. The van der Waals surface area contributed by atoms with Crippen LogP contribution in [0, 0.1) is 5.82 Å². The molecule has 3 aromatic rings. The molecule has 0 aliphatic carbocycles. The predicted molar refractivity (Wildman–Crippen MR) is 130 cm³/mol. The lowest BCUT2D eigenvalue weighted by Gasteiger charge is -2.33. The second kappa shape index (κ2) is 8.57. The van der Waals surface area contributed by atoms with E-state index in [-0.39, 0.29) is 23.5 Å². The Balaban J connectivity index is 1.49. The number of benzene rings is 2. The summed E-state index contributed by atoms with van der Waals surface area (Å²) >= 11 is 6.86. The molecule has 0 saturated carbocycles. The minimum atomic E-state index is -0.271. The molecular weight excluding hydrogens is 557 g/mol. The third-order valence-corrected chi connectivity index (χ3v) is 7.05. The van der Waals surface area contributed by atoms with E-state index in [4.69, 9.17) is 4.99 Å². The lowest BCUT2D eigenvalue weighted by Crippen LogP contribution is -2.50. The Morgan fingerprint density at radius 1 is 1.18 bits per heavy atom. The first-order valence-corrected chi connectivity index (χ1v) is 12.1. The molecule has 0 saturated heterocycles. The smallest absolute Gasteiger partial charge is 0.281 e. The average Bonchev–Trinajstić information content (AvgIpc) is 3.32. The quantitative estimate of drug-likeness (QED) is 0.483. The number of fused-ring (bicyclic) bond motifs is 3. The molecule has 1 aromatic heterocycles. The van der Waals surface area contributed by atoms with Crippen molar-refractivity contribution >= 4 is 49.5 Å². The molecule has 2 aromatic carbocycles. The third-order valence-electron chi connectivity index (χ3n) is 5.81. The minimum Gasteiger partial charge on any atom is -0.507 e. The molecule has 1 atom stereocenters. The number of aromatic hydroxyl groups is 1. The van der Waals surface area contributed by atoms with Gasteiger partial charge < -0.3 is 9.67 Å². The number of imidazole rings is 1. The Bertz CT molecular complexity index is 1290. The molecule has 0 unspecified atom stereocenters. The standard InChI is InChI=1S/C23H20Br2FN5O2/c1-2-29-21(33)19-20(28-22(25)30(19)11-14-6-7-18(32)17(24)10-14)31-12-16(27-23(29)31)9-13-4-3-5-15(26)8-13/h3-8,10,16,32H,2,9,11-12H2,1H3/t16-/m1/s1. The van der Waals surface area contributed by atoms with Gasteiger partial charge in [-0.15, -0.1) is 0 Å². The fraction of sp³-hybridized carbons (Fsp3) is 0.261. The molecule has 0 bridgehead atoms. The number of carbonyl (C=O) groups excluding carboxylic acids is 1. The van der Waals surface area contributed by atoms with Crippen LogP contribution < -0.4 is 4.90 Å². The first-order chi connectivity index (χ1) is 15.9. The molecule has 2 aliphatic heterocycles. The Hall–Kier alpha value is -2.72. The number of anilines is 1. The Morgan fingerprint density at radius 3 is 2.73 bits per heavy atom. The van der Waals surface area contributed by atoms with Crippen LogP contribution in [0.4, 0.5) is 10.2 Å². The molecule has 170 valence electrons. The van der Waals surface area contributed by atoms with Gasteiger partial charge in [0.05, 0.1) is 23.6 Å². The minimum absolute atomic E-state index is 0.119. The van der Waals surface area contributed by atoms with E-state index in [9.17, 15) is 14.3 Å². The van der Waals surface area contributed by atoms with E-state index in [0.717, 1.165) is 11.1 Å². The van der Waals surface area contributed by atoms with Gasteiger partial charge in [0.15, 0.2) is 16.2 Å². The van der Waals surface area contributed by atoms with E-state index in [1.54, 1.807) is 17.0 Å².